The van der Waals surface area contributed by atoms with Gasteiger partial charge < -0.3 is 5.73 Å². The molecule has 5 heteroatoms. The van der Waals surface area contributed by atoms with Crippen LogP contribution in [0.15, 0.2) is 23.6 Å². The van der Waals surface area contributed by atoms with E-state index in [0.29, 0.717) is 11.0 Å². The van der Waals surface area contributed by atoms with Gasteiger partial charge in [0.1, 0.15) is 5.82 Å². The number of rotatable bonds is 1. The fraction of sp³-hybridized carbons (Fsp3) is 0.125. The Hall–Kier alpha value is -1.36. The molecule has 0 saturated heterocycles. The highest BCUT2D eigenvalue weighted by Crippen LogP contribution is 2.19. The highest BCUT2D eigenvalue weighted by molar-refractivity contribution is 7.98. The van der Waals surface area contributed by atoms with Crippen molar-refractivity contribution in [2.24, 2.45) is 0 Å². The van der Waals surface area contributed by atoms with Crippen LogP contribution in [-0.2, 0) is 0 Å². The zero-order valence-corrected chi connectivity index (χ0v) is 7.88. The molecule has 4 nitrogen and oxygen atoms in total. The van der Waals surface area contributed by atoms with Crippen LogP contribution in [0, 0.1) is 0 Å². The van der Waals surface area contributed by atoms with E-state index in [1.54, 1.807) is 12.4 Å². The van der Waals surface area contributed by atoms with Gasteiger partial charge >= 0.3 is 0 Å². The summed E-state index contributed by atoms with van der Waals surface area (Å²) in [5, 5.41) is 1.50. The number of nitrogen functional groups attached to an aromatic ring is 1. The van der Waals surface area contributed by atoms with Gasteiger partial charge in [-0.2, -0.15) is 0 Å². The Morgan fingerprint density at radius 3 is 3.00 bits per heavy atom. The van der Waals surface area contributed by atoms with Crippen LogP contribution in [0.2, 0.25) is 0 Å². The average molecular weight is 192 g/mol. The molecule has 0 amide bonds. The van der Waals surface area contributed by atoms with E-state index in [-0.39, 0.29) is 0 Å². The fourth-order valence-electron chi connectivity index (χ4n) is 1.06. The topological polar surface area (TPSA) is 64.7 Å². The molecule has 0 bridgehead atoms. The first kappa shape index (κ1) is 8.25. The van der Waals surface area contributed by atoms with Crippen molar-refractivity contribution in [3.8, 4) is 0 Å². The van der Waals surface area contributed by atoms with Gasteiger partial charge in [-0.3, -0.25) is 4.98 Å². The van der Waals surface area contributed by atoms with Crippen molar-refractivity contribution in [3.63, 3.8) is 0 Å². The minimum atomic E-state index is 0.488. The van der Waals surface area contributed by atoms with E-state index in [1.807, 2.05) is 12.3 Å². The van der Waals surface area contributed by atoms with Crippen molar-refractivity contribution in [2.75, 3.05) is 12.0 Å². The third kappa shape index (κ3) is 1.42. The molecule has 2 rings (SSSR count). The zero-order valence-electron chi connectivity index (χ0n) is 7.06. The van der Waals surface area contributed by atoms with Gasteiger partial charge in [0.25, 0.3) is 0 Å². The van der Waals surface area contributed by atoms with Crippen LogP contribution >= 0.6 is 11.8 Å². The van der Waals surface area contributed by atoms with Crippen LogP contribution in [0.1, 0.15) is 0 Å². The van der Waals surface area contributed by atoms with Crippen molar-refractivity contribution >= 4 is 28.5 Å². The molecule has 0 aliphatic heterocycles. The molecule has 0 aliphatic carbocycles. The number of nitrogens with two attached hydrogens (primary N) is 1. The summed E-state index contributed by atoms with van der Waals surface area (Å²) in [5.41, 5.74) is 6.57. The molecule has 0 spiro atoms. The maximum Gasteiger partial charge on any atom is 0.189 e. The standard InChI is InChI=1S/C8H8N4S/c1-13-8-11-6-2-3-10-4-5(6)7(9)12-8/h2-4H,1H3,(H2,9,11,12). The second-order valence-corrected chi connectivity index (χ2v) is 3.26. The number of hydrogen-bond donors (Lipinski definition) is 1. The van der Waals surface area contributed by atoms with E-state index in [2.05, 4.69) is 15.0 Å². The molecule has 0 atom stereocenters. The normalized spacial score (nSPS) is 10.5. The van der Waals surface area contributed by atoms with Gasteiger partial charge in [-0.05, 0) is 12.3 Å². The maximum absolute atomic E-state index is 5.73. The lowest BCUT2D eigenvalue weighted by atomic mass is 10.3. The molecule has 2 aromatic heterocycles. The number of pyridine rings is 1. The average Bonchev–Trinajstić information content (AvgIpc) is 2.18. The maximum atomic E-state index is 5.73. The molecular formula is C8H8N4S. The van der Waals surface area contributed by atoms with E-state index in [9.17, 15) is 0 Å². The van der Waals surface area contributed by atoms with Crippen LogP contribution < -0.4 is 5.73 Å². The highest BCUT2D eigenvalue weighted by Gasteiger charge is 2.02. The first-order chi connectivity index (χ1) is 6.31. The van der Waals surface area contributed by atoms with E-state index in [1.165, 1.54) is 11.8 Å². The number of anilines is 1. The predicted octanol–water partition coefficient (Wildman–Crippen LogP) is 1.33. The first-order valence-electron chi connectivity index (χ1n) is 3.72. The molecule has 2 heterocycles. The molecule has 0 radical (unpaired) electrons. The van der Waals surface area contributed by atoms with E-state index in [0.717, 1.165) is 10.9 Å². The van der Waals surface area contributed by atoms with Crippen molar-refractivity contribution < 1.29 is 0 Å². The van der Waals surface area contributed by atoms with Crippen LogP contribution in [0.25, 0.3) is 10.9 Å². The van der Waals surface area contributed by atoms with E-state index < -0.39 is 0 Å². The minimum Gasteiger partial charge on any atom is -0.383 e. The monoisotopic (exact) mass is 192 g/mol. The van der Waals surface area contributed by atoms with E-state index in [4.69, 9.17) is 5.73 Å². The summed E-state index contributed by atoms with van der Waals surface area (Å²) < 4.78 is 0. The van der Waals surface area contributed by atoms with Crippen molar-refractivity contribution in [1.82, 2.24) is 15.0 Å². The Morgan fingerprint density at radius 2 is 2.23 bits per heavy atom. The number of nitrogens with zero attached hydrogens (tertiary/aromatic N) is 3. The molecule has 2 aromatic rings. The summed E-state index contributed by atoms with van der Waals surface area (Å²) in [5.74, 6) is 0.488. The molecule has 2 N–H and O–H groups in total. The number of thioether (sulfide) groups is 1. The summed E-state index contributed by atoms with van der Waals surface area (Å²) >= 11 is 1.48. The van der Waals surface area contributed by atoms with Crippen LogP contribution in [-0.4, -0.2) is 21.2 Å². The molecular weight excluding hydrogens is 184 g/mol. The van der Waals surface area contributed by atoms with Crippen molar-refractivity contribution in [3.05, 3.63) is 18.5 Å². The number of fused-ring (bicyclic) bond motifs is 1. The number of hydrogen-bond acceptors (Lipinski definition) is 5. The Balaban J connectivity index is 2.77. The SMILES string of the molecule is CSc1nc(N)c2cnccc2n1. The fourth-order valence-corrected chi connectivity index (χ4v) is 1.44. The third-order valence-electron chi connectivity index (χ3n) is 1.69. The first-order valence-corrected chi connectivity index (χ1v) is 4.95. The van der Waals surface area contributed by atoms with Crippen LogP contribution in [0.5, 0.6) is 0 Å². The summed E-state index contributed by atoms with van der Waals surface area (Å²) in [4.78, 5) is 12.4. The summed E-state index contributed by atoms with van der Waals surface area (Å²) in [6.45, 7) is 0. The lowest BCUT2D eigenvalue weighted by Crippen LogP contribution is -1.96. The van der Waals surface area contributed by atoms with Gasteiger partial charge in [0, 0.05) is 12.4 Å². The second kappa shape index (κ2) is 3.18. The number of aromatic nitrogens is 3. The minimum absolute atomic E-state index is 0.488. The van der Waals surface area contributed by atoms with Gasteiger partial charge in [0.05, 0.1) is 10.9 Å². The molecule has 0 aliphatic rings. The predicted molar refractivity (Wildman–Crippen MR) is 53.5 cm³/mol. The third-order valence-corrected chi connectivity index (χ3v) is 2.24. The van der Waals surface area contributed by atoms with Gasteiger partial charge in [-0.15, -0.1) is 0 Å². The second-order valence-electron chi connectivity index (χ2n) is 2.49. The summed E-state index contributed by atoms with van der Waals surface area (Å²) in [7, 11) is 0. The van der Waals surface area contributed by atoms with Gasteiger partial charge in [-0.25, -0.2) is 9.97 Å². The van der Waals surface area contributed by atoms with Crippen LogP contribution in [0.4, 0.5) is 5.82 Å². The molecule has 0 unspecified atom stereocenters. The highest BCUT2D eigenvalue weighted by atomic mass is 32.2. The quantitative estimate of drug-likeness (QED) is 0.545. The van der Waals surface area contributed by atoms with Gasteiger partial charge in [0.2, 0.25) is 0 Å². The van der Waals surface area contributed by atoms with Crippen molar-refractivity contribution in [2.45, 2.75) is 5.16 Å². The summed E-state index contributed by atoms with van der Waals surface area (Å²) in [6.07, 6.45) is 5.29. The molecule has 13 heavy (non-hydrogen) atoms. The molecule has 66 valence electrons. The van der Waals surface area contributed by atoms with Gasteiger partial charge in [0.15, 0.2) is 5.16 Å². The smallest absolute Gasteiger partial charge is 0.189 e. The Kier molecular flexibility index (Phi) is 2.02. The molecule has 0 saturated carbocycles. The van der Waals surface area contributed by atoms with Gasteiger partial charge in [-0.1, -0.05) is 11.8 Å². The Labute approximate surface area is 79.6 Å². The van der Waals surface area contributed by atoms with E-state index >= 15 is 0 Å². The molecule has 0 aromatic carbocycles. The lowest BCUT2D eigenvalue weighted by molar-refractivity contribution is 1.01. The lowest BCUT2D eigenvalue weighted by Gasteiger charge is -2.01. The zero-order chi connectivity index (χ0) is 9.26. The molecule has 0 fully saturated rings. The Morgan fingerprint density at radius 1 is 1.38 bits per heavy atom. The Bertz CT molecular complexity index is 443. The summed E-state index contributed by atoms with van der Waals surface area (Å²) in [6, 6.07) is 1.83. The largest absolute Gasteiger partial charge is 0.383 e. The van der Waals surface area contributed by atoms with Crippen molar-refractivity contribution in [1.29, 1.82) is 0 Å². The van der Waals surface area contributed by atoms with Crippen LogP contribution in [0.3, 0.4) is 0 Å².